The van der Waals surface area contributed by atoms with Crippen molar-refractivity contribution in [3.63, 3.8) is 0 Å². The molecule has 0 aliphatic rings. The predicted octanol–water partition coefficient (Wildman–Crippen LogP) is 2.95. The molecule has 76 valence electrons. The SMILES string of the molecule is Cc1cccc(-c2cc(N)cnc2C)c1. The van der Waals surface area contributed by atoms with Crippen LogP contribution in [0.3, 0.4) is 0 Å². The molecule has 0 fully saturated rings. The summed E-state index contributed by atoms with van der Waals surface area (Å²) in [6.07, 6.45) is 1.69. The van der Waals surface area contributed by atoms with Crippen LogP contribution in [-0.4, -0.2) is 4.98 Å². The van der Waals surface area contributed by atoms with Gasteiger partial charge in [0.25, 0.3) is 0 Å². The van der Waals surface area contributed by atoms with Gasteiger partial charge in [0.15, 0.2) is 0 Å². The Morgan fingerprint density at radius 1 is 1.13 bits per heavy atom. The summed E-state index contributed by atoms with van der Waals surface area (Å²) in [7, 11) is 0. The summed E-state index contributed by atoms with van der Waals surface area (Å²) in [4.78, 5) is 4.26. The van der Waals surface area contributed by atoms with Crippen LogP contribution in [0.1, 0.15) is 11.3 Å². The van der Waals surface area contributed by atoms with Crippen molar-refractivity contribution in [3.05, 3.63) is 47.8 Å². The van der Waals surface area contributed by atoms with E-state index in [9.17, 15) is 0 Å². The van der Waals surface area contributed by atoms with Crippen molar-refractivity contribution in [2.75, 3.05) is 5.73 Å². The monoisotopic (exact) mass is 198 g/mol. The number of aromatic nitrogens is 1. The number of rotatable bonds is 1. The Morgan fingerprint density at radius 3 is 2.67 bits per heavy atom. The van der Waals surface area contributed by atoms with E-state index in [-0.39, 0.29) is 0 Å². The number of anilines is 1. The lowest BCUT2D eigenvalue weighted by atomic mass is 10.0. The van der Waals surface area contributed by atoms with Crippen molar-refractivity contribution in [1.82, 2.24) is 4.98 Å². The second-order valence-electron chi connectivity index (χ2n) is 3.77. The normalized spacial score (nSPS) is 10.3. The van der Waals surface area contributed by atoms with E-state index in [0.717, 1.165) is 11.3 Å². The minimum atomic E-state index is 0.706. The molecule has 2 aromatic rings. The molecule has 0 radical (unpaired) electrons. The van der Waals surface area contributed by atoms with Gasteiger partial charge in [0.05, 0.1) is 11.9 Å². The van der Waals surface area contributed by atoms with E-state index in [1.165, 1.54) is 11.1 Å². The molecule has 0 atom stereocenters. The highest BCUT2D eigenvalue weighted by Gasteiger charge is 2.03. The van der Waals surface area contributed by atoms with E-state index in [4.69, 9.17) is 5.73 Å². The molecule has 2 rings (SSSR count). The first-order valence-electron chi connectivity index (χ1n) is 4.96. The molecule has 2 heteroatoms. The van der Waals surface area contributed by atoms with Gasteiger partial charge in [-0.1, -0.05) is 29.8 Å². The predicted molar refractivity (Wildman–Crippen MR) is 63.6 cm³/mol. The zero-order valence-electron chi connectivity index (χ0n) is 8.99. The molecule has 0 spiro atoms. The van der Waals surface area contributed by atoms with Crippen molar-refractivity contribution >= 4 is 5.69 Å². The average Bonchev–Trinajstić information content (AvgIpc) is 2.22. The first-order chi connectivity index (χ1) is 7.16. The number of hydrogen-bond donors (Lipinski definition) is 1. The lowest BCUT2D eigenvalue weighted by molar-refractivity contribution is 1.21. The van der Waals surface area contributed by atoms with Crippen molar-refractivity contribution in [3.8, 4) is 11.1 Å². The number of nitrogen functional groups attached to an aromatic ring is 1. The van der Waals surface area contributed by atoms with E-state index in [0.29, 0.717) is 5.69 Å². The van der Waals surface area contributed by atoms with Gasteiger partial charge in [-0.15, -0.1) is 0 Å². The molecule has 0 unspecified atom stereocenters. The van der Waals surface area contributed by atoms with Crippen LogP contribution in [0, 0.1) is 13.8 Å². The Bertz CT molecular complexity index is 490. The standard InChI is InChI=1S/C13H14N2/c1-9-4-3-5-11(6-9)13-7-12(14)8-15-10(13)2/h3-8H,14H2,1-2H3. The maximum absolute atomic E-state index is 5.74. The van der Waals surface area contributed by atoms with Crippen molar-refractivity contribution in [1.29, 1.82) is 0 Å². The van der Waals surface area contributed by atoms with E-state index in [1.807, 2.05) is 19.1 Å². The largest absolute Gasteiger partial charge is 0.397 e. The fourth-order valence-electron chi connectivity index (χ4n) is 1.65. The minimum absolute atomic E-state index is 0.706. The van der Waals surface area contributed by atoms with E-state index in [2.05, 4.69) is 30.1 Å². The second kappa shape index (κ2) is 3.73. The number of nitrogens with zero attached hydrogens (tertiary/aromatic N) is 1. The Hall–Kier alpha value is -1.83. The Kier molecular flexibility index (Phi) is 2.42. The van der Waals surface area contributed by atoms with E-state index >= 15 is 0 Å². The van der Waals surface area contributed by atoms with Gasteiger partial charge in [0.2, 0.25) is 0 Å². The molecule has 1 aromatic heterocycles. The molecular formula is C13H14N2. The smallest absolute Gasteiger partial charge is 0.0507 e. The number of pyridine rings is 1. The Balaban J connectivity index is 2.58. The lowest BCUT2D eigenvalue weighted by Crippen LogP contribution is -1.92. The van der Waals surface area contributed by atoms with E-state index in [1.54, 1.807) is 6.20 Å². The highest BCUT2D eigenvalue weighted by molar-refractivity contribution is 5.69. The van der Waals surface area contributed by atoms with Crippen LogP contribution in [-0.2, 0) is 0 Å². The van der Waals surface area contributed by atoms with Gasteiger partial charge in [0.1, 0.15) is 0 Å². The van der Waals surface area contributed by atoms with Gasteiger partial charge < -0.3 is 5.73 Å². The minimum Gasteiger partial charge on any atom is -0.397 e. The molecule has 1 aromatic carbocycles. The molecule has 0 aliphatic heterocycles. The van der Waals surface area contributed by atoms with Gasteiger partial charge in [-0.3, -0.25) is 4.98 Å². The number of aryl methyl sites for hydroxylation is 2. The molecule has 0 bridgehead atoms. The molecule has 1 heterocycles. The van der Waals surface area contributed by atoms with Crippen molar-refractivity contribution in [2.24, 2.45) is 0 Å². The summed E-state index contributed by atoms with van der Waals surface area (Å²) in [6.45, 7) is 4.08. The summed E-state index contributed by atoms with van der Waals surface area (Å²) in [5, 5.41) is 0. The zero-order chi connectivity index (χ0) is 10.8. The number of benzene rings is 1. The first kappa shape index (κ1) is 9.71. The summed E-state index contributed by atoms with van der Waals surface area (Å²) in [5.41, 5.74) is 11.0. The van der Waals surface area contributed by atoms with Crippen molar-refractivity contribution < 1.29 is 0 Å². The molecule has 0 amide bonds. The van der Waals surface area contributed by atoms with Gasteiger partial charge in [-0.25, -0.2) is 0 Å². The summed E-state index contributed by atoms with van der Waals surface area (Å²) < 4.78 is 0. The quantitative estimate of drug-likeness (QED) is 0.765. The maximum atomic E-state index is 5.74. The topological polar surface area (TPSA) is 38.9 Å². The van der Waals surface area contributed by atoms with Gasteiger partial charge in [-0.05, 0) is 25.5 Å². The third-order valence-electron chi connectivity index (χ3n) is 2.44. The molecule has 2 N–H and O–H groups in total. The molecule has 2 nitrogen and oxygen atoms in total. The van der Waals surface area contributed by atoms with Crippen LogP contribution < -0.4 is 5.73 Å². The highest BCUT2D eigenvalue weighted by Crippen LogP contribution is 2.24. The average molecular weight is 198 g/mol. The van der Waals surface area contributed by atoms with E-state index < -0.39 is 0 Å². The van der Waals surface area contributed by atoms with Crippen LogP contribution in [0.2, 0.25) is 0 Å². The van der Waals surface area contributed by atoms with Crippen LogP contribution >= 0.6 is 0 Å². The highest BCUT2D eigenvalue weighted by atomic mass is 14.7. The third-order valence-corrected chi connectivity index (χ3v) is 2.44. The summed E-state index contributed by atoms with van der Waals surface area (Å²) in [6, 6.07) is 10.3. The van der Waals surface area contributed by atoms with Gasteiger partial charge >= 0.3 is 0 Å². The summed E-state index contributed by atoms with van der Waals surface area (Å²) in [5.74, 6) is 0. The van der Waals surface area contributed by atoms with Gasteiger partial charge in [0, 0.05) is 11.3 Å². The molecule has 0 saturated heterocycles. The van der Waals surface area contributed by atoms with Gasteiger partial charge in [-0.2, -0.15) is 0 Å². The number of hydrogen-bond acceptors (Lipinski definition) is 2. The molecule has 15 heavy (non-hydrogen) atoms. The van der Waals surface area contributed by atoms with Crippen molar-refractivity contribution in [2.45, 2.75) is 13.8 Å². The summed E-state index contributed by atoms with van der Waals surface area (Å²) >= 11 is 0. The number of nitrogens with two attached hydrogens (primary N) is 1. The second-order valence-corrected chi connectivity index (χ2v) is 3.77. The molecule has 0 saturated carbocycles. The maximum Gasteiger partial charge on any atom is 0.0507 e. The van der Waals surface area contributed by atoms with Crippen LogP contribution in [0.15, 0.2) is 36.5 Å². The first-order valence-corrected chi connectivity index (χ1v) is 4.96. The Morgan fingerprint density at radius 2 is 1.93 bits per heavy atom. The van der Waals surface area contributed by atoms with Crippen LogP contribution in [0.5, 0.6) is 0 Å². The molecular weight excluding hydrogens is 184 g/mol. The molecule has 0 aliphatic carbocycles. The fraction of sp³-hybridized carbons (Fsp3) is 0.154. The Labute approximate surface area is 89.8 Å². The van der Waals surface area contributed by atoms with Crippen LogP contribution in [0.25, 0.3) is 11.1 Å². The lowest BCUT2D eigenvalue weighted by Gasteiger charge is -2.06. The zero-order valence-corrected chi connectivity index (χ0v) is 8.99. The fourth-order valence-corrected chi connectivity index (χ4v) is 1.65. The third kappa shape index (κ3) is 1.99. The van der Waals surface area contributed by atoms with Crippen LogP contribution in [0.4, 0.5) is 5.69 Å².